The lowest BCUT2D eigenvalue weighted by Crippen LogP contribution is -2.15. The Bertz CT molecular complexity index is 872. The van der Waals surface area contributed by atoms with Gasteiger partial charge in [-0.25, -0.2) is 0 Å². The van der Waals surface area contributed by atoms with Crippen LogP contribution in [0.3, 0.4) is 0 Å². The van der Waals surface area contributed by atoms with Crippen molar-refractivity contribution in [3.8, 4) is 5.75 Å². The lowest BCUT2D eigenvalue weighted by atomic mass is 10.1. The van der Waals surface area contributed by atoms with Gasteiger partial charge in [-0.05, 0) is 71.2 Å². The van der Waals surface area contributed by atoms with Crippen LogP contribution in [-0.2, 0) is 19.1 Å². The monoisotopic (exact) mass is 518 g/mol. The van der Waals surface area contributed by atoms with Gasteiger partial charge in [0.15, 0.2) is 0 Å². The first-order valence-electron chi connectivity index (χ1n) is 12.6. The summed E-state index contributed by atoms with van der Waals surface area (Å²) in [6, 6.07) is 14.2. The molecule has 2 aromatic rings. The van der Waals surface area contributed by atoms with E-state index in [9.17, 15) is 14.4 Å². The SMILES string of the molecule is CC(=O)Oc1ccc(C)cc1.CCC(=O)NC.CCC(C)N.CCOC(C)=O.Cc1ccc(C)c(C)c1. The molecule has 0 spiro atoms. The largest absolute Gasteiger partial charge is 0.466 e. The number of rotatable bonds is 4. The smallest absolute Gasteiger partial charge is 0.308 e. The predicted octanol–water partition coefficient (Wildman–Crippen LogP) is 5.99. The molecule has 0 bridgehead atoms. The number of benzene rings is 2. The molecule has 1 amide bonds. The van der Waals surface area contributed by atoms with Gasteiger partial charge in [-0.15, -0.1) is 0 Å². The van der Waals surface area contributed by atoms with E-state index in [4.69, 9.17) is 10.5 Å². The molecule has 2 rings (SSSR count). The van der Waals surface area contributed by atoms with E-state index in [1.165, 1.54) is 30.5 Å². The van der Waals surface area contributed by atoms with E-state index < -0.39 is 0 Å². The number of esters is 2. The van der Waals surface area contributed by atoms with E-state index in [1.54, 1.807) is 26.1 Å². The van der Waals surface area contributed by atoms with Crippen LogP contribution >= 0.6 is 0 Å². The fourth-order valence-corrected chi connectivity index (χ4v) is 2.04. The van der Waals surface area contributed by atoms with Gasteiger partial charge in [0.05, 0.1) is 6.61 Å². The maximum atomic E-state index is 10.5. The average molecular weight is 519 g/mol. The fourth-order valence-electron chi connectivity index (χ4n) is 2.04. The highest BCUT2D eigenvalue weighted by molar-refractivity contribution is 5.75. The molecule has 0 aliphatic carbocycles. The van der Waals surface area contributed by atoms with E-state index in [1.807, 2.05) is 32.9 Å². The average Bonchev–Trinajstić information content (AvgIpc) is 2.83. The van der Waals surface area contributed by atoms with Crippen molar-refractivity contribution in [1.29, 1.82) is 0 Å². The highest BCUT2D eigenvalue weighted by Crippen LogP contribution is 2.11. The van der Waals surface area contributed by atoms with Crippen LogP contribution < -0.4 is 15.8 Å². The third-order valence-electron chi connectivity index (χ3n) is 4.54. The minimum absolute atomic E-state index is 0.0926. The van der Waals surface area contributed by atoms with Gasteiger partial charge >= 0.3 is 11.9 Å². The summed E-state index contributed by atoms with van der Waals surface area (Å²) in [6.07, 6.45) is 1.66. The Morgan fingerprint density at radius 1 is 0.838 bits per heavy atom. The number of carbonyl (C=O) groups is 3. The number of amides is 1. The standard InChI is InChI=1S/C9H10O2.C9H12.C4H9NO.C4H11N.C4H8O2/c1-7-3-5-9(6-4-7)11-8(2)10;1-7-4-5-8(2)9(3)6-7;1-3-4(6)5-2;1-3-4(2)5;1-3-6-4(2)5/h3-6H,1-2H3;4-6H,1-3H3;3H2,1-2H3,(H,5,6);4H,3,5H2,1-2H3;3H2,1-2H3. The molecule has 0 aromatic heterocycles. The van der Waals surface area contributed by atoms with Crippen molar-refractivity contribution >= 4 is 17.8 Å². The van der Waals surface area contributed by atoms with Gasteiger partial charge in [-0.3, -0.25) is 14.4 Å². The second kappa shape index (κ2) is 24.5. The quantitative estimate of drug-likeness (QED) is 0.380. The van der Waals surface area contributed by atoms with Gasteiger partial charge in [-0.1, -0.05) is 55.3 Å². The summed E-state index contributed by atoms with van der Waals surface area (Å²) >= 11 is 0. The number of hydrogen-bond donors (Lipinski definition) is 2. The van der Waals surface area contributed by atoms with E-state index in [0.29, 0.717) is 24.8 Å². The van der Waals surface area contributed by atoms with E-state index in [-0.39, 0.29) is 17.8 Å². The Hall–Kier alpha value is -3.19. The van der Waals surface area contributed by atoms with Crippen molar-refractivity contribution in [3.63, 3.8) is 0 Å². The molecular weight excluding hydrogens is 468 g/mol. The van der Waals surface area contributed by atoms with E-state index in [2.05, 4.69) is 55.9 Å². The summed E-state index contributed by atoms with van der Waals surface area (Å²) in [4.78, 5) is 30.4. The third kappa shape index (κ3) is 28.9. The van der Waals surface area contributed by atoms with Gasteiger partial charge in [0.2, 0.25) is 5.91 Å². The summed E-state index contributed by atoms with van der Waals surface area (Å²) in [6.45, 7) is 19.3. The molecule has 7 nitrogen and oxygen atoms in total. The van der Waals surface area contributed by atoms with Gasteiger partial charge in [-0.2, -0.15) is 0 Å². The van der Waals surface area contributed by atoms with Crippen LogP contribution in [0.1, 0.15) is 76.6 Å². The van der Waals surface area contributed by atoms with Crippen molar-refractivity contribution in [2.24, 2.45) is 5.73 Å². The molecule has 7 heteroatoms. The second-order valence-electron chi connectivity index (χ2n) is 8.33. The van der Waals surface area contributed by atoms with Crippen molar-refractivity contribution in [2.45, 2.75) is 88.1 Å². The Morgan fingerprint density at radius 2 is 1.32 bits per heavy atom. The normalized spacial score (nSPS) is 9.62. The summed E-state index contributed by atoms with van der Waals surface area (Å²) in [5.41, 5.74) is 10.6. The van der Waals surface area contributed by atoms with Crippen LogP contribution in [0.15, 0.2) is 42.5 Å². The molecule has 1 unspecified atom stereocenters. The zero-order valence-electron chi connectivity index (χ0n) is 24.9. The van der Waals surface area contributed by atoms with Crippen LogP contribution in [-0.4, -0.2) is 37.5 Å². The second-order valence-corrected chi connectivity index (χ2v) is 8.33. The van der Waals surface area contributed by atoms with Gasteiger partial charge in [0, 0.05) is 33.4 Å². The molecule has 210 valence electrons. The van der Waals surface area contributed by atoms with E-state index in [0.717, 1.165) is 12.0 Å². The van der Waals surface area contributed by atoms with E-state index >= 15 is 0 Å². The summed E-state index contributed by atoms with van der Waals surface area (Å²) in [5.74, 6) is 0.199. The highest BCUT2D eigenvalue weighted by atomic mass is 16.5. The number of aryl methyl sites for hydroxylation is 4. The minimum atomic E-state index is -0.283. The highest BCUT2D eigenvalue weighted by Gasteiger charge is 1.95. The molecule has 0 fully saturated rings. The lowest BCUT2D eigenvalue weighted by molar-refractivity contribution is -0.140. The van der Waals surface area contributed by atoms with Crippen LogP contribution in [0.4, 0.5) is 0 Å². The van der Waals surface area contributed by atoms with Crippen LogP contribution in [0.2, 0.25) is 0 Å². The zero-order chi connectivity index (χ0) is 29.4. The molecule has 3 N–H and O–H groups in total. The molecule has 37 heavy (non-hydrogen) atoms. The summed E-state index contributed by atoms with van der Waals surface area (Å²) in [7, 11) is 1.63. The molecular formula is C30H50N2O5. The first-order valence-corrected chi connectivity index (χ1v) is 12.6. The van der Waals surface area contributed by atoms with Crippen molar-refractivity contribution < 1.29 is 23.9 Å². The molecule has 0 heterocycles. The third-order valence-corrected chi connectivity index (χ3v) is 4.54. The zero-order valence-corrected chi connectivity index (χ0v) is 24.9. The number of ether oxygens (including phenoxy) is 2. The molecule has 1 atom stereocenters. The van der Waals surface area contributed by atoms with Crippen LogP contribution in [0, 0.1) is 27.7 Å². The van der Waals surface area contributed by atoms with Gasteiger partial charge in [0.25, 0.3) is 0 Å². The van der Waals surface area contributed by atoms with Crippen LogP contribution in [0.25, 0.3) is 0 Å². The van der Waals surface area contributed by atoms with Crippen molar-refractivity contribution in [2.75, 3.05) is 13.7 Å². The van der Waals surface area contributed by atoms with Crippen molar-refractivity contribution in [3.05, 3.63) is 64.7 Å². The maximum absolute atomic E-state index is 10.5. The van der Waals surface area contributed by atoms with Gasteiger partial charge < -0.3 is 20.5 Å². The number of carbonyl (C=O) groups excluding carboxylic acids is 3. The van der Waals surface area contributed by atoms with Crippen molar-refractivity contribution in [1.82, 2.24) is 5.32 Å². The molecule has 0 radical (unpaired) electrons. The molecule has 0 saturated heterocycles. The molecule has 2 aromatic carbocycles. The lowest BCUT2D eigenvalue weighted by Gasteiger charge is -1.99. The Labute approximate surface area is 225 Å². The maximum Gasteiger partial charge on any atom is 0.308 e. The number of nitrogens with one attached hydrogen (secondary N) is 1. The first kappa shape index (κ1) is 38.3. The van der Waals surface area contributed by atoms with Gasteiger partial charge in [0.1, 0.15) is 5.75 Å². The summed E-state index contributed by atoms with van der Waals surface area (Å²) in [5, 5.41) is 2.48. The Balaban J connectivity index is -0.000000405. The summed E-state index contributed by atoms with van der Waals surface area (Å²) < 4.78 is 9.23. The minimum Gasteiger partial charge on any atom is -0.466 e. The topological polar surface area (TPSA) is 108 Å². The Morgan fingerprint density at radius 3 is 1.57 bits per heavy atom. The fraction of sp³-hybridized carbons (Fsp3) is 0.500. The molecule has 0 saturated carbocycles. The molecule has 0 aliphatic rings. The number of hydrogen-bond acceptors (Lipinski definition) is 6. The number of nitrogens with two attached hydrogens (primary N) is 1. The van der Waals surface area contributed by atoms with Crippen LogP contribution in [0.5, 0.6) is 5.75 Å². The molecule has 0 aliphatic heterocycles. The Kier molecular flexibility index (Phi) is 25.4. The predicted molar refractivity (Wildman–Crippen MR) is 154 cm³/mol. The first-order chi connectivity index (χ1) is 17.2.